The van der Waals surface area contributed by atoms with Crippen molar-refractivity contribution in [2.75, 3.05) is 0 Å². The van der Waals surface area contributed by atoms with Crippen LogP contribution in [0.1, 0.15) is 27.2 Å². The summed E-state index contributed by atoms with van der Waals surface area (Å²) in [6.45, 7) is 3.50. The Labute approximate surface area is 122 Å². The summed E-state index contributed by atoms with van der Waals surface area (Å²) >= 11 is 0. The van der Waals surface area contributed by atoms with Crippen molar-refractivity contribution < 1.29 is 18.3 Å². The lowest BCUT2D eigenvalue weighted by Gasteiger charge is -2.09. The molecule has 0 fully saturated rings. The molecule has 0 unspecified atom stereocenters. The predicted molar refractivity (Wildman–Crippen MR) is 75.8 cm³/mol. The third-order valence-corrected chi connectivity index (χ3v) is 4.79. The number of carboxylic acid groups (broad SMARTS) is 1. The molecule has 0 saturated carbocycles. The number of aryl methyl sites for hydroxylation is 2. The van der Waals surface area contributed by atoms with Crippen LogP contribution in [0, 0.1) is 13.8 Å². The lowest BCUT2D eigenvalue weighted by molar-refractivity contribution is 0.0695. The first-order chi connectivity index (χ1) is 9.81. The molecule has 0 radical (unpaired) electrons. The van der Waals surface area contributed by atoms with Crippen molar-refractivity contribution in [1.82, 2.24) is 9.97 Å². The summed E-state index contributed by atoms with van der Waals surface area (Å²) in [5.41, 5.74) is 1.22. The van der Waals surface area contributed by atoms with Gasteiger partial charge in [0, 0.05) is 6.20 Å². The van der Waals surface area contributed by atoms with Gasteiger partial charge in [0.25, 0.3) is 0 Å². The van der Waals surface area contributed by atoms with Crippen molar-refractivity contribution in [3.05, 3.63) is 53.1 Å². The largest absolute Gasteiger partial charge is 0.478 e. The number of carboxylic acids is 1. The van der Waals surface area contributed by atoms with Gasteiger partial charge < -0.3 is 5.11 Å². The summed E-state index contributed by atoms with van der Waals surface area (Å²) in [5, 5.41) is 9.06. The van der Waals surface area contributed by atoms with E-state index in [1.165, 1.54) is 0 Å². The van der Waals surface area contributed by atoms with E-state index in [1.807, 2.05) is 6.07 Å². The molecule has 0 aliphatic rings. The Morgan fingerprint density at radius 3 is 2.67 bits per heavy atom. The number of aromatic nitrogens is 2. The molecule has 0 aliphatic carbocycles. The maximum Gasteiger partial charge on any atom is 0.339 e. The molecule has 1 N–H and O–H groups in total. The summed E-state index contributed by atoms with van der Waals surface area (Å²) in [6.07, 6.45) is 2.24. The molecule has 0 amide bonds. The fourth-order valence-corrected chi connectivity index (χ4v) is 3.62. The first kappa shape index (κ1) is 15.1. The molecular weight excluding hydrogens is 292 g/mol. The van der Waals surface area contributed by atoms with Gasteiger partial charge in [-0.2, -0.15) is 0 Å². The minimum atomic E-state index is -3.68. The number of aromatic carboxylic acids is 1. The highest BCUT2D eigenvalue weighted by Crippen LogP contribution is 2.21. The van der Waals surface area contributed by atoms with Gasteiger partial charge in [0.15, 0.2) is 9.84 Å². The summed E-state index contributed by atoms with van der Waals surface area (Å²) < 4.78 is 25.0. The van der Waals surface area contributed by atoms with Crippen molar-refractivity contribution >= 4 is 15.8 Å². The highest BCUT2D eigenvalue weighted by atomic mass is 32.2. The molecule has 0 spiro atoms. The van der Waals surface area contributed by atoms with Crippen LogP contribution in [0.15, 0.2) is 35.6 Å². The van der Waals surface area contributed by atoms with Gasteiger partial charge in [-0.15, -0.1) is 0 Å². The molecule has 1 heterocycles. The van der Waals surface area contributed by atoms with Crippen LogP contribution in [0.3, 0.4) is 0 Å². The maximum absolute atomic E-state index is 12.5. The normalized spacial score (nSPS) is 11.3. The fourth-order valence-electron chi connectivity index (χ4n) is 1.95. The van der Waals surface area contributed by atoms with Crippen LogP contribution in [-0.2, 0) is 15.6 Å². The van der Waals surface area contributed by atoms with Gasteiger partial charge in [0.2, 0.25) is 0 Å². The minimum Gasteiger partial charge on any atom is -0.478 e. The van der Waals surface area contributed by atoms with Crippen LogP contribution in [-0.4, -0.2) is 29.5 Å². The lowest BCUT2D eigenvalue weighted by Crippen LogP contribution is -2.13. The number of carbonyl (C=O) groups is 1. The van der Waals surface area contributed by atoms with E-state index < -0.39 is 21.6 Å². The van der Waals surface area contributed by atoms with E-state index in [1.54, 1.807) is 26.0 Å². The van der Waals surface area contributed by atoms with E-state index in [4.69, 9.17) is 5.11 Å². The summed E-state index contributed by atoms with van der Waals surface area (Å²) in [7, 11) is -3.68. The molecular formula is C14H14N2O4S. The number of rotatable bonds is 4. The number of benzene rings is 1. The molecule has 2 rings (SSSR count). The van der Waals surface area contributed by atoms with E-state index in [0.29, 0.717) is 5.56 Å². The number of sulfone groups is 1. The molecule has 110 valence electrons. The van der Waals surface area contributed by atoms with Crippen LogP contribution in [0.25, 0.3) is 0 Å². The monoisotopic (exact) mass is 306 g/mol. The van der Waals surface area contributed by atoms with Crippen LogP contribution in [0.5, 0.6) is 0 Å². The maximum atomic E-state index is 12.5. The Bertz CT molecular complexity index is 800. The molecule has 2 aromatic rings. The Kier molecular flexibility index (Phi) is 4.04. The Balaban J connectivity index is 2.48. The van der Waals surface area contributed by atoms with Crippen LogP contribution in [0.2, 0.25) is 0 Å². The standard InChI is InChI=1S/C14H14N2O4S/c1-9-3-4-10(2)13(5-9)21(19,20)7-12-11(14(17)18)6-15-8-16-12/h3-6,8H,7H2,1-2H3,(H,17,18). The number of hydrogen-bond acceptors (Lipinski definition) is 5. The zero-order chi connectivity index (χ0) is 15.6. The Morgan fingerprint density at radius 2 is 2.00 bits per heavy atom. The highest BCUT2D eigenvalue weighted by molar-refractivity contribution is 7.90. The zero-order valence-electron chi connectivity index (χ0n) is 11.6. The molecule has 0 aliphatic heterocycles. The third kappa shape index (κ3) is 3.25. The predicted octanol–water partition coefficient (Wildman–Crippen LogP) is 1.77. The second kappa shape index (κ2) is 5.61. The molecule has 0 saturated heterocycles. The second-order valence-corrected chi connectivity index (χ2v) is 6.67. The van der Waals surface area contributed by atoms with Crippen LogP contribution in [0.4, 0.5) is 0 Å². The van der Waals surface area contributed by atoms with E-state index in [9.17, 15) is 13.2 Å². The second-order valence-electron chi connectivity index (χ2n) is 4.72. The smallest absolute Gasteiger partial charge is 0.339 e. The first-order valence-electron chi connectivity index (χ1n) is 6.13. The molecule has 0 bridgehead atoms. The topological polar surface area (TPSA) is 97.2 Å². The van der Waals surface area contributed by atoms with E-state index >= 15 is 0 Å². The van der Waals surface area contributed by atoms with Crippen molar-refractivity contribution in [3.8, 4) is 0 Å². The van der Waals surface area contributed by atoms with Gasteiger partial charge in [-0.05, 0) is 31.0 Å². The summed E-state index contributed by atoms with van der Waals surface area (Å²) in [6, 6.07) is 5.12. The summed E-state index contributed by atoms with van der Waals surface area (Å²) in [5.74, 6) is -1.72. The molecule has 7 heteroatoms. The van der Waals surface area contributed by atoms with E-state index in [0.717, 1.165) is 18.1 Å². The quantitative estimate of drug-likeness (QED) is 0.924. The molecule has 6 nitrogen and oxygen atoms in total. The summed E-state index contributed by atoms with van der Waals surface area (Å²) in [4.78, 5) is 18.7. The van der Waals surface area contributed by atoms with Crippen molar-refractivity contribution in [3.63, 3.8) is 0 Å². The molecule has 21 heavy (non-hydrogen) atoms. The van der Waals surface area contributed by atoms with Crippen molar-refractivity contribution in [2.24, 2.45) is 0 Å². The average Bonchev–Trinajstić information content (AvgIpc) is 2.41. The SMILES string of the molecule is Cc1ccc(C)c(S(=O)(=O)Cc2ncncc2C(=O)O)c1. The van der Waals surface area contributed by atoms with Crippen LogP contribution < -0.4 is 0 Å². The third-order valence-electron chi connectivity index (χ3n) is 3.03. The number of nitrogens with zero attached hydrogens (tertiary/aromatic N) is 2. The Morgan fingerprint density at radius 1 is 1.29 bits per heavy atom. The Hall–Kier alpha value is -2.28. The van der Waals surface area contributed by atoms with Crippen LogP contribution >= 0.6 is 0 Å². The van der Waals surface area contributed by atoms with Crippen molar-refractivity contribution in [1.29, 1.82) is 0 Å². The van der Waals surface area contributed by atoms with Gasteiger partial charge in [0.1, 0.15) is 11.9 Å². The molecule has 0 atom stereocenters. The zero-order valence-corrected chi connectivity index (χ0v) is 12.4. The van der Waals surface area contributed by atoms with E-state index in [-0.39, 0.29) is 16.2 Å². The van der Waals surface area contributed by atoms with E-state index in [2.05, 4.69) is 9.97 Å². The highest BCUT2D eigenvalue weighted by Gasteiger charge is 2.22. The van der Waals surface area contributed by atoms with Gasteiger partial charge in [-0.25, -0.2) is 23.2 Å². The van der Waals surface area contributed by atoms with Gasteiger partial charge in [-0.1, -0.05) is 12.1 Å². The minimum absolute atomic E-state index is 0.0154. The van der Waals surface area contributed by atoms with Gasteiger partial charge in [0.05, 0.1) is 16.3 Å². The lowest BCUT2D eigenvalue weighted by atomic mass is 10.2. The fraction of sp³-hybridized carbons (Fsp3) is 0.214. The van der Waals surface area contributed by atoms with Crippen molar-refractivity contribution in [2.45, 2.75) is 24.5 Å². The van der Waals surface area contributed by atoms with Gasteiger partial charge >= 0.3 is 5.97 Å². The first-order valence-corrected chi connectivity index (χ1v) is 7.78. The average molecular weight is 306 g/mol. The number of hydrogen-bond donors (Lipinski definition) is 1. The molecule has 1 aromatic heterocycles. The van der Waals surface area contributed by atoms with Gasteiger partial charge in [-0.3, -0.25) is 0 Å². The molecule has 1 aromatic carbocycles.